The number of allylic oxidation sites excluding steroid dienone is 1. The largest absolute Gasteiger partial charge is 0.493 e. The van der Waals surface area contributed by atoms with Crippen molar-refractivity contribution in [3.05, 3.63) is 65.4 Å². The zero-order valence-electron chi connectivity index (χ0n) is 16.1. The second-order valence-corrected chi connectivity index (χ2v) is 5.98. The maximum absolute atomic E-state index is 9.72. The Balaban J connectivity index is 2.09. The lowest BCUT2D eigenvalue weighted by atomic mass is 10.1. The summed E-state index contributed by atoms with van der Waals surface area (Å²) in [6.07, 6.45) is 1.64. The molecule has 0 saturated carbocycles. The normalized spacial score (nSPS) is 10.8. The molecule has 3 aromatic rings. The molecule has 0 aliphatic carbocycles. The number of nitrogen functional groups attached to an aromatic ring is 1. The first-order chi connectivity index (χ1) is 14.1. The number of para-hydroxylation sites is 1. The maximum Gasteiger partial charge on any atom is 0.161 e. The maximum atomic E-state index is 9.72. The van der Waals surface area contributed by atoms with Gasteiger partial charge in [0.25, 0.3) is 0 Å². The molecule has 1 heterocycles. The number of hydrogen-bond donors (Lipinski definition) is 1. The highest BCUT2D eigenvalue weighted by Crippen LogP contribution is 2.31. The fourth-order valence-electron chi connectivity index (χ4n) is 2.86. The van der Waals surface area contributed by atoms with Crippen LogP contribution in [0.2, 0.25) is 0 Å². The van der Waals surface area contributed by atoms with Crippen molar-refractivity contribution in [3.63, 3.8) is 0 Å². The molecule has 144 valence electrons. The summed E-state index contributed by atoms with van der Waals surface area (Å²) in [6, 6.07) is 18.7. The number of anilines is 1. The lowest BCUT2D eigenvalue weighted by Gasteiger charge is -2.09. The summed E-state index contributed by atoms with van der Waals surface area (Å²) in [5.41, 5.74) is 8.14. The van der Waals surface area contributed by atoms with E-state index in [0.717, 1.165) is 0 Å². The number of rotatable bonds is 6. The molecule has 0 bridgehead atoms. The van der Waals surface area contributed by atoms with Gasteiger partial charge in [0, 0.05) is 0 Å². The standard InChI is InChI=1S/C22H19N5O2/c1-3-29-19-10-9-15(12-20(19)28-2)11-16(13-23)21-18(14-24)22(25)27(26-21)17-7-5-4-6-8-17/h4-12H,3,25H2,1-2H3. The second-order valence-electron chi connectivity index (χ2n) is 5.98. The molecule has 0 spiro atoms. The van der Waals surface area contributed by atoms with Gasteiger partial charge in [0.1, 0.15) is 29.2 Å². The summed E-state index contributed by atoms with van der Waals surface area (Å²) in [5, 5.41) is 23.7. The van der Waals surface area contributed by atoms with Crippen LogP contribution in [0.5, 0.6) is 11.5 Å². The number of hydrogen-bond acceptors (Lipinski definition) is 6. The van der Waals surface area contributed by atoms with Crippen molar-refractivity contribution < 1.29 is 9.47 Å². The van der Waals surface area contributed by atoms with E-state index in [9.17, 15) is 10.5 Å². The van der Waals surface area contributed by atoms with E-state index in [2.05, 4.69) is 17.2 Å². The van der Waals surface area contributed by atoms with Gasteiger partial charge in [-0.1, -0.05) is 24.3 Å². The molecule has 0 fully saturated rings. The van der Waals surface area contributed by atoms with Gasteiger partial charge in [-0.3, -0.25) is 0 Å². The quantitative estimate of drug-likeness (QED) is 0.646. The van der Waals surface area contributed by atoms with Crippen molar-refractivity contribution in [2.24, 2.45) is 0 Å². The molecule has 0 aliphatic heterocycles. The Morgan fingerprint density at radius 2 is 1.93 bits per heavy atom. The van der Waals surface area contributed by atoms with Gasteiger partial charge >= 0.3 is 0 Å². The molecule has 1 aromatic heterocycles. The third-order valence-electron chi connectivity index (χ3n) is 4.21. The molecule has 7 nitrogen and oxygen atoms in total. The molecule has 0 saturated heterocycles. The van der Waals surface area contributed by atoms with Crippen molar-refractivity contribution >= 4 is 17.5 Å². The van der Waals surface area contributed by atoms with E-state index < -0.39 is 0 Å². The van der Waals surface area contributed by atoms with Crippen LogP contribution in [0.4, 0.5) is 5.82 Å². The van der Waals surface area contributed by atoms with Gasteiger partial charge in [0.05, 0.1) is 25.0 Å². The van der Waals surface area contributed by atoms with Gasteiger partial charge in [0.2, 0.25) is 0 Å². The van der Waals surface area contributed by atoms with Crippen LogP contribution in [-0.4, -0.2) is 23.5 Å². The Morgan fingerprint density at radius 1 is 1.17 bits per heavy atom. The van der Waals surface area contributed by atoms with Crippen LogP contribution in [0.1, 0.15) is 23.7 Å². The van der Waals surface area contributed by atoms with E-state index in [1.54, 1.807) is 31.4 Å². The molecular formula is C22H19N5O2. The summed E-state index contributed by atoms with van der Waals surface area (Å²) >= 11 is 0. The van der Waals surface area contributed by atoms with Crippen molar-refractivity contribution in [2.75, 3.05) is 19.5 Å². The summed E-state index contributed by atoms with van der Waals surface area (Å²) < 4.78 is 12.3. The minimum atomic E-state index is 0.152. The third-order valence-corrected chi connectivity index (χ3v) is 4.21. The van der Waals surface area contributed by atoms with E-state index in [1.165, 1.54) is 4.68 Å². The van der Waals surface area contributed by atoms with Crippen molar-refractivity contribution in [1.29, 1.82) is 10.5 Å². The third kappa shape index (κ3) is 3.90. The number of methoxy groups -OCH3 is 1. The number of benzene rings is 2. The van der Waals surface area contributed by atoms with Crippen molar-refractivity contribution in [2.45, 2.75) is 6.92 Å². The molecule has 0 aliphatic rings. The van der Waals surface area contributed by atoms with Crippen LogP contribution in [0.3, 0.4) is 0 Å². The lowest BCUT2D eigenvalue weighted by molar-refractivity contribution is 0.311. The van der Waals surface area contributed by atoms with E-state index in [1.807, 2.05) is 37.3 Å². The van der Waals surface area contributed by atoms with Crippen LogP contribution in [-0.2, 0) is 0 Å². The van der Waals surface area contributed by atoms with Gasteiger partial charge < -0.3 is 15.2 Å². The van der Waals surface area contributed by atoms with Crippen LogP contribution < -0.4 is 15.2 Å². The summed E-state index contributed by atoms with van der Waals surface area (Å²) in [6.45, 7) is 2.40. The highest BCUT2D eigenvalue weighted by molar-refractivity contribution is 5.91. The fraction of sp³-hybridized carbons (Fsp3) is 0.136. The Labute approximate surface area is 168 Å². The van der Waals surface area contributed by atoms with Crippen LogP contribution in [0, 0.1) is 22.7 Å². The zero-order valence-corrected chi connectivity index (χ0v) is 16.1. The highest BCUT2D eigenvalue weighted by atomic mass is 16.5. The minimum absolute atomic E-state index is 0.152. The van der Waals surface area contributed by atoms with Crippen molar-refractivity contribution in [1.82, 2.24) is 9.78 Å². The smallest absolute Gasteiger partial charge is 0.161 e. The average Bonchev–Trinajstić information content (AvgIpc) is 3.09. The van der Waals surface area contributed by atoms with E-state index in [0.29, 0.717) is 29.4 Å². The number of nitrogens with two attached hydrogens (primary N) is 1. The Hall–Kier alpha value is -4.23. The SMILES string of the molecule is CCOc1ccc(C=C(C#N)c2nn(-c3ccccc3)c(N)c2C#N)cc1OC. The predicted molar refractivity (Wildman–Crippen MR) is 110 cm³/mol. The van der Waals surface area contributed by atoms with Gasteiger partial charge in [0.15, 0.2) is 11.5 Å². The number of aromatic nitrogens is 2. The van der Waals surface area contributed by atoms with E-state index >= 15 is 0 Å². The first kappa shape index (κ1) is 19.5. The minimum Gasteiger partial charge on any atom is -0.493 e. The molecule has 0 atom stereocenters. The second kappa shape index (κ2) is 8.64. The molecular weight excluding hydrogens is 366 g/mol. The first-order valence-electron chi connectivity index (χ1n) is 8.90. The van der Waals surface area contributed by atoms with Gasteiger partial charge in [-0.2, -0.15) is 15.6 Å². The predicted octanol–water partition coefficient (Wildman–Crippen LogP) is 3.80. The molecule has 0 radical (unpaired) electrons. The summed E-state index contributed by atoms with van der Waals surface area (Å²) in [5.74, 6) is 1.34. The van der Waals surface area contributed by atoms with Gasteiger partial charge in [-0.15, -0.1) is 0 Å². The molecule has 0 unspecified atom stereocenters. The van der Waals surface area contributed by atoms with E-state index in [-0.39, 0.29) is 22.6 Å². The lowest BCUT2D eigenvalue weighted by Crippen LogP contribution is -2.02. The number of ether oxygens (including phenoxy) is 2. The molecule has 0 amide bonds. The fourth-order valence-corrected chi connectivity index (χ4v) is 2.86. The Bertz CT molecular complexity index is 1130. The Morgan fingerprint density at radius 3 is 2.55 bits per heavy atom. The van der Waals surface area contributed by atoms with E-state index in [4.69, 9.17) is 15.2 Å². The van der Waals surface area contributed by atoms with Crippen LogP contribution in [0.25, 0.3) is 17.3 Å². The molecule has 2 N–H and O–H groups in total. The zero-order chi connectivity index (χ0) is 20.8. The summed E-state index contributed by atoms with van der Waals surface area (Å²) in [4.78, 5) is 0. The molecule has 2 aromatic carbocycles. The monoisotopic (exact) mass is 385 g/mol. The van der Waals surface area contributed by atoms with Crippen molar-refractivity contribution in [3.8, 4) is 29.3 Å². The Kier molecular flexibility index (Phi) is 5.82. The van der Waals surface area contributed by atoms with Crippen LogP contribution in [0.15, 0.2) is 48.5 Å². The summed E-state index contributed by atoms with van der Waals surface area (Å²) in [7, 11) is 1.55. The number of nitriles is 2. The van der Waals surface area contributed by atoms with Crippen LogP contribution >= 0.6 is 0 Å². The molecule has 7 heteroatoms. The van der Waals surface area contributed by atoms with Gasteiger partial charge in [-0.05, 0) is 42.8 Å². The number of nitrogens with zero attached hydrogens (tertiary/aromatic N) is 4. The highest BCUT2D eigenvalue weighted by Gasteiger charge is 2.20. The average molecular weight is 385 g/mol. The molecule has 3 rings (SSSR count). The van der Waals surface area contributed by atoms with Gasteiger partial charge in [-0.25, -0.2) is 4.68 Å². The first-order valence-corrected chi connectivity index (χ1v) is 8.90. The topological polar surface area (TPSA) is 110 Å². The molecule has 29 heavy (non-hydrogen) atoms.